The molecule has 3 aromatic carbocycles. The summed E-state index contributed by atoms with van der Waals surface area (Å²) in [6.07, 6.45) is 0. The average Bonchev–Trinajstić information content (AvgIpc) is 2.93. The molecule has 2 amide bonds. The Labute approximate surface area is 226 Å². The number of anilines is 2. The molecule has 0 spiro atoms. The molecule has 1 aliphatic heterocycles. The van der Waals surface area contributed by atoms with Crippen LogP contribution in [0.1, 0.15) is 24.0 Å². The monoisotopic (exact) mass is 524 g/mol. The van der Waals surface area contributed by atoms with Crippen LogP contribution < -0.4 is 20.7 Å². The van der Waals surface area contributed by atoms with E-state index in [1.807, 2.05) is 73.7 Å². The van der Waals surface area contributed by atoms with E-state index < -0.39 is 5.92 Å². The summed E-state index contributed by atoms with van der Waals surface area (Å²) in [5, 5.41) is 19.9. The van der Waals surface area contributed by atoms with Crippen molar-refractivity contribution in [3.63, 3.8) is 0 Å². The third-order valence-electron chi connectivity index (χ3n) is 6.15. The number of nitriles is 1. The van der Waals surface area contributed by atoms with Crippen LogP contribution in [0, 0.1) is 18.3 Å². The molecule has 1 unspecified atom stereocenters. The van der Waals surface area contributed by atoms with Crippen LogP contribution in [0.25, 0.3) is 0 Å². The minimum atomic E-state index is -0.612. The molecular formula is C30H28N4O3S. The first-order valence-corrected chi connectivity index (χ1v) is 13.0. The number of rotatable bonds is 8. The van der Waals surface area contributed by atoms with Crippen LogP contribution in [-0.2, 0) is 9.59 Å². The highest BCUT2D eigenvalue weighted by molar-refractivity contribution is 8.03. The number of para-hydroxylation sites is 3. The molecule has 0 bridgehead atoms. The maximum Gasteiger partial charge on any atom is 0.254 e. The van der Waals surface area contributed by atoms with Crippen molar-refractivity contribution in [1.82, 2.24) is 5.32 Å². The van der Waals surface area contributed by atoms with E-state index in [1.165, 1.54) is 11.8 Å². The molecule has 0 saturated carbocycles. The van der Waals surface area contributed by atoms with E-state index in [2.05, 4.69) is 22.0 Å². The van der Waals surface area contributed by atoms with Crippen molar-refractivity contribution in [3.05, 3.63) is 112 Å². The lowest BCUT2D eigenvalue weighted by molar-refractivity contribution is -0.114. The van der Waals surface area contributed by atoms with Crippen LogP contribution in [0.5, 0.6) is 5.75 Å². The van der Waals surface area contributed by atoms with Crippen molar-refractivity contribution in [1.29, 1.82) is 5.26 Å². The SMILES string of the molecule is COc1ccccc1NC(=O)C1=C(C)NC(SCC(=O)Nc2ccccc2C)=C(C#N)C1c1ccccc1. The Morgan fingerprint density at radius 1 is 0.947 bits per heavy atom. The summed E-state index contributed by atoms with van der Waals surface area (Å²) in [5.74, 6) is -0.513. The number of dihydropyridines is 1. The van der Waals surface area contributed by atoms with Gasteiger partial charge in [-0.15, -0.1) is 0 Å². The molecule has 0 fully saturated rings. The standard InChI is InChI=1S/C30H28N4O3S/c1-19-11-7-8-14-23(19)33-26(35)18-38-30-22(17-31)28(21-12-5-4-6-13-21)27(20(2)32-30)29(36)34-24-15-9-10-16-25(24)37-3/h4-16,28,32H,18H2,1-3H3,(H,33,35)(H,34,36). The van der Waals surface area contributed by atoms with E-state index in [0.29, 0.717) is 33.3 Å². The Morgan fingerprint density at radius 3 is 2.29 bits per heavy atom. The topological polar surface area (TPSA) is 103 Å². The van der Waals surface area contributed by atoms with Crippen molar-refractivity contribution >= 4 is 35.0 Å². The van der Waals surface area contributed by atoms with Gasteiger partial charge in [-0.25, -0.2) is 0 Å². The lowest BCUT2D eigenvalue weighted by Gasteiger charge is -2.30. The van der Waals surface area contributed by atoms with Crippen molar-refractivity contribution in [3.8, 4) is 11.8 Å². The van der Waals surface area contributed by atoms with Crippen LogP contribution >= 0.6 is 11.8 Å². The molecule has 4 rings (SSSR count). The van der Waals surface area contributed by atoms with Gasteiger partial charge in [-0.3, -0.25) is 9.59 Å². The first-order chi connectivity index (χ1) is 18.4. The fourth-order valence-electron chi connectivity index (χ4n) is 4.28. The molecule has 8 heteroatoms. The summed E-state index contributed by atoms with van der Waals surface area (Å²) in [4.78, 5) is 26.4. The largest absolute Gasteiger partial charge is 0.495 e. The van der Waals surface area contributed by atoms with Gasteiger partial charge >= 0.3 is 0 Å². The minimum absolute atomic E-state index is 0.0966. The number of carbonyl (C=O) groups is 2. The Balaban J connectivity index is 1.63. The third-order valence-corrected chi connectivity index (χ3v) is 7.16. The summed E-state index contributed by atoms with van der Waals surface area (Å²) >= 11 is 1.24. The number of aryl methyl sites for hydroxylation is 1. The number of amides is 2. The maximum atomic E-state index is 13.6. The average molecular weight is 525 g/mol. The molecular weight excluding hydrogens is 496 g/mol. The zero-order chi connectivity index (χ0) is 27.1. The molecule has 0 aliphatic carbocycles. The number of hydrogen-bond donors (Lipinski definition) is 3. The summed E-state index contributed by atoms with van der Waals surface area (Å²) in [7, 11) is 1.54. The number of allylic oxidation sites excluding steroid dienone is 2. The summed E-state index contributed by atoms with van der Waals surface area (Å²) in [5.41, 5.74) is 4.45. The quantitative estimate of drug-likeness (QED) is 0.349. The van der Waals surface area contributed by atoms with Crippen LogP contribution in [0.4, 0.5) is 11.4 Å². The Bertz CT molecular complexity index is 1460. The third kappa shape index (κ3) is 5.90. The Morgan fingerprint density at radius 2 is 1.61 bits per heavy atom. The predicted molar refractivity (Wildman–Crippen MR) is 152 cm³/mol. The molecule has 0 aromatic heterocycles. The molecule has 1 aliphatic rings. The van der Waals surface area contributed by atoms with E-state index in [9.17, 15) is 14.9 Å². The van der Waals surface area contributed by atoms with Gasteiger partial charge in [0.05, 0.1) is 41.1 Å². The van der Waals surface area contributed by atoms with Crippen LogP contribution in [-0.4, -0.2) is 24.7 Å². The van der Waals surface area contributed by atoms with Crippen molar-refractivity contribution in [2.45, 2.75) is 19.8 Å². The maximum absolute atomic E-state index is 13.6. The molecule has 1 atom stereocenters. The molecule has 7 nitrogen and oxygen atoms in total. The number of benzene rings is 3. The molecule has 3 N–H and O–H groups in total. The van der Waals surface area contributed by atoms with Crippen molar-refractivity contribution in [2.75, 3.05) is 23.5 Å². The highest BCUT2D eigenvalue weighted by Gasteiger charge is 2.35. The molecule has 0 saturated heterocycles. The van der Waals surface area contributed by atoms with Gasteiger partial charge in [0.25, 0.3) is 5.91 Å². The number of nitrogens with one attached hydrogen (secondary N) is 3. The molecule has 192 valence electrons. The number of nitrogens with zero attached hydrogens (tertiary/aromatic N) is 1. The fraction of sp³-hybridized carbons (Fsp3) is 0.167. The highest BCUT2D eigenvalue weighted by Crippen LogP contribution is 2.41. The van der Waals surface area contributed by atoms with E-state index >= 15 is 0 Å². The molecule has 0 radical (unpaired) electrons. The van der Waals surface area contributed by atoms with Gasteiger partial charge < -0.3 is 20.7 Å². The number of thioether (sulfide) groups is 1. The van der Waals surface area contributed by atoms with E-state index in [-0.39, 0.29) is 17.6 Å². The predicted octanol–water partition coefficient (Wildman–Crippen LogP) is 5.71. The van der Waals surface area contributed by atoms with Gasteiger partial charge in [0.1, 0.15) is 5.75 Å². The fourth-order valence-corrected chi connectivity index (χ4v) is 5.17. The summed E-state index contributed by atoms with van der Waals surface area (Å²) < 4.78 is 5.39. The summed E-state index contributed by atoms with van der Waals surface area (Å²) in [6, 6.07) is 26.4. The molecule has 3 aromatic rings. The van der Waals surface area contributed by atoms with Gasteiger partial charge in [-0.2, -0.15) is 5.26 Å². The summed E-state index contributed by atoms with van der Waals surface area (Å²) in [6.45, 7) is 3.73. The number of hydrogen-bond acceptors (Lipinski definition) is 6. The first-order valence-electron chi connectivity index (χ1n) is 12.0. The smallest absolute Gasteiger partial charge is 0.254 e. The van der Waals surface area contributed by atoms with Gasteiger partial charge in [0.2, 0.25) is 5.91 Å². The van der Waals surface area contributed by atoms with Gasteiger partial charge in [0.15, 0.2) is 0 Å². The Kier molecular flexibility index (Phi) is 8.51. The highest BCUT2D eigenvalue weighted by atomic mass is 32.2. The lowest BCUT2D eigenvalue weighted by Crippen LogP contribution is -2.31. The number of ether oxygens (including phenoxy) is 1. The lowest BCUT2D eigenvalue weighted by atomic mass is 9.82. The molecule has 1 heterocycles. The van der Waals surface area contributed by atoms with Gasteiger partial charge in [0, 0.05) is 17.0 Å². The zero-order valence-corrected chi connectivity index (χ0v) is 22.2. The van der Waals surface area contributed by atoms with Crippen LogP contribution in [0.3, 0.4) is 0 Å². The zero-order valence-electron chi connectivity index (χ0n) is 21.4. The Hall–Kier alpha value is -4.48. The second-order valence-corrected chi connectivity index (χ2v) is 9.65. The van der Waals surface area contributed by atoms with Crippen molar-refractivity contribution < 1.29 is 14.3 Å². The minimum Gasteiger partial charge on any atom is -0.495 e. The van der Waals surface area contributed by atoms with Gasteiger partial charge in [-0.1, -0.05) is 72.4 Å². The number of carbonyl (C=O) groups excluding carboxylic acids is 2. The van der Waals surface area contributed by atoms with Crippen molar-refractivity contribution in [2.24, 2.45) is 0 Å². The van der Waals surface area contributed by atoms with E-state index in [1.54, 1.807) is 26.2 Å². The second kappa shape index (κ2) is 12.2. The van der Waals surface area contributed by atoms with Crippen LogP contribution in [0.15, 0.2) is 101 Å². The van der Waals surface area contributed by atoms with E-state index in [4.69, 9.17) is 4.74 Å². The van der Waals surface area contributed by atoms with Crippen LogP contribution in [0.2, 0.25) is 0 Å². The normalized spacial score (nSPS) is 14.8. The number of methoxy groups -OCH3 is 1. The first kappa shape index (κ1) is 26.6. The second-order valence-electron chi connectivity index (χ2n) is 8.67. The van der Waals surface area contributed by atoms with E-state index in [0.717, 1.165) is 16.8 Å². The molecule has 38 heavy (non-hydrogen) atoms. The van der Waals surface area contributed by atoms with Gasteiger partial charge in [-0.05, 0) is 43.2 Å².